The molecule has 2 aromatic rings. The van der Waals surface area contributed by atoms with E-state index in [0.717, 1.165) is 29.2 Å². The number of hydrogen-bond donors (Lipinski definition) is 0. The van der Waals surface area contributed by atoms with Crippen molar-refractivity contribution in [2.24, 2.45) is 0 Å². The summed E-state index contributed by atoms with van der Waals surface area (Å²) < 4.78 is 48.5. The molecule has 0 aliphatic carbocycles. The van der Waals surface area contributed by atoms with Crippen LogP contribution in [0, 0.1) is 0 Å². The quantitative estimate of drug-likeness (QED) is 0.782. The van der Waals surface area contributed by atoms with Gasteiger partial charge in [-0.15, -0.1) is 0 Å². The SMILES string of the molecule is COc1cc2c(c(OC)c1)C(=O)N(c1ccc(C(F)(F)F)cc1)C(=O)C2. The van der Waals surface area contributed by atoms with Crippen molar-refractivity contribution in [1.82, 2.24) is 0 Å². The molecule has 0 N–H and O–H groups in total. The molecule has 8 heteroatoms. The molecule has 2 amide bonds. The summed E-state index contributed by atoms with van der Waals surface area (Å²) in [5.41, 5.74) is -0.162. The zero-order chi connectivity index (χ0) is 19.1. The molecule has 0 aromatic heterocycles. The second kappa shape index (κ2) is 6.36. The molecule has 3 rings (SSSR count). The Morgan fingerprint density at radius 3 is 2.19 bits per heavy atom. The lowest BCUT2D eigenvalue weighted by Gasteiger charge is -2.28. The summed E-state index contributed by atoms with van der Waals surface area (Å²) in [4.78, 5) is 26.2. The van der Waals surface area contributed by atoms with E-state index in [1.54, 1.807) is 6.07 Å². The fourth-order valence-electron chi connectivity index (χ4n) is 2.83. The van der Waals surface area contributed by atoms with E-state index in [9.17, 15) is 22.8 Å². The number of hydrogen-bond acceptors (Lipinski definition) is 4. The molecule has 0 radical (unpaired) electrons. The predicted octanol–water partition coefficient (Wildman–Crippen LogP) is 3.45. The third-order valence-corrected chi connectivity index (χ3v) is 4.07. The van der Waals surface area contributed by atoms with Crippen LogP contribution in [0.25, 0.3) is 0 Å². The maximum atomic E-state index is 12.9. The van der Waals surface area contributed by atoms with Gasteiger partial charge in [-0.05, 0) is 35.9 Å². The number of ether oxygens (including phenoxy) is 2. The third-order valence-electron chi connectivity index (χ3n) is 4.07. The van der Waals surface area contributed by atoms with Crippen LogP contribution < -0.4 is 14.4 Å². The first kappa shape index (κ1) is 17.8. The summed E-state index contributed by atoms with van der Waals surface area (Å²) in [6.07, 6.45) is -4.60. The Morgan fingerprint density at radius 1 is 1.00 bits per heavy atom. The highest BCUT2D eigenvalue weighted by atomic mass is 19.4. The van der Waals surface area contributed by atoms with Crippen LogP contribution in [0.15, 0.2) is 36.4 Å². The minimum absolute atomic E-state index is 0.0662. The lowest BCUT2D eigenvalue weighted by atomic mass is 9.96. The van der Waals surface area contributed by atoms with Crippen molar-refractivity contribution in [2.75, 3.05) is 19.1 Å². The van der Waals surface area contributed by atoms with Gasteiger partial charge in [-0.3, -0.25) is 9.59 Å². The van der Waals surface area contributed by atoms with Crippen LogP contribution in [-0.4, -0.2) is 26.0 Å². The van der Waals surface area contributed by atoms with Gasteiger partial charge in [0.1, 0.15) is 11.5 Å². The summed E-state index contributed by atoms with van der Waals surface area (Å²) >= 11 is 0. The number of nitrogens with zero attached hydrogens (tertiary/aromatic N) is 1. The summed E-state index contributed by atoms with van der Waals surface area (Å²) in [6.45, 7) is 0. The lowest BCUT2D eigenvalue weighted by Crippen LogP contribution is -2.42. The molecule has 5 nitrogen and oxygen atoms in total. The Morgan fingerprint density at radius 2 is 1.65 bits per heavy atom. The highest BCUT2D eigenvalue weighted by Crippen LogP contribution is 2.36. The molecule has 1 aliphatic rings. The number of carbonyl (C=O) groups excluding carboxylic acids is 2. The van der Waals surface area contributed by atoms with Crippen molar-refractivity contribution in [1.29, 1.82) is 0 Å². The van der Waals surface area contributed by atoms with E-state index in [0.29, 0.717) is 11.3 Å². The van der Waals surface area contributed by atoms with Crippen LogP contribution in [0.1, 0.15) is 21.5 Å². The first-order chi connectivity index (χ1) is 12.3. The van der Waals surface area contributed by atoms with E-state index < -0.39 is 23.6 Å². The standard InChI is InChI=1S/C18H14F3NO4/c1-25-13-7-10-8-15(23)22(17(24)16(10)14(9-13)26-2)12-5-3-11(4-6-12)18(19,20)21/h3-7,9H,8H2,1-2H3. The van der Waals surface area contributed by atoms with Gasteiger partial charge in [-0.2, -0.15) is 13.2 Å². The Balaban J connectivity index is 2.04. The maximum absolute atomic E-state index is 12.9. The zero-order valence-corrected chi connectivity index (χ0v) is 13.9. The average molecular weight is 365 g/mol. The van der Waals surface area contributed by atoms with Crippen molar-refractivity contribution < 1.29 is 32.2 Å². The van der Waals surface area contributed by atoms with Gasteiger partial charge < -0.3 is 9.47 Å². The van der Waals surface area contributed by atoms with E-state index in [2.05, 4.69) is 0 Å². The van der Waals surface area contributed by atoms with Gasteiger partial charge in [-0.1, -0.05) is 0 Å². The lowest BCUT2D eigenvalue weighted by molar-refractivity contribution is -0.137. The van der Waals surface area contributed by atoms with Crippen LogP contribution in [0.5, 0.6) is 11.5 Å². The molecule has 0 atom stereocenters. The first-order valence-corrected chi connectivity index (χ1v) is 7.55. The van der Waals surface area contributed by atoms with Crippen LogP contribution in [0.4, 0.5) is 18.9 Å². The first-order valence-electron chi connectivity index (χ1n) is 7.55. The largest absolute Gasteiger partial charge is 0.497 e. The van der Waals surface area contributed by atoms with Crippen molar-refractivity contribution in [3.8, 4) is 11.5 Å². The number of amides is 2. The van der Waals surface area contributed by atoms with Gasteiger partial charge in [0.2, 0.25) is 5.91 Å². The van der Waals surface area contributed by atoms with Gasteiger partial charge in [0.25, 0.3) is 5.91 Å². The number of anilines is 1. The fourth-order valence-corrected chi connectivity index (χ4v) is 2.83. The van der Waals surface area contributed by atoms with Gasteiger partial charge in [0.05, 0.1) is 37.5 Å². The summed E-state index contributed by atoms with van der Waals surface area (Å²) in [6, 6.07) is 6.93. The molecule has 0 saturated carbocycles. The Labute approximate surface area is 146 Å². The van der Waals surface area contributed by atoms with Crippen LogP contribution in [0.2, 0.25) is 0 Å². The normalized spacial score (nSPS) is 14.3. The number of imide groups is 1. The second-order valence-electron chi connectivity index (χ2n) is 5.62. The van der Waals surface area contributed by atoms with Crippen molar-refractivity contribution >= 4 is 17.5 Å². The van der Waals surface area contributed by atoms with Gasteiger partial charge >= 0.3 is 6.18 Å². The molecule has 26 heavy (non-hydrogen) atoms. The van der Waals surface area contributed by atoms with Crippen LogP contribution in [-0.2, 0) is 17.4 Å². The minimum atomic E-state index is -4.50. The fraction of sp³-hybridized carbons (Fsp3) is 0.222. The highest BCUT2D eigenvalue weighted by molar-refractivity contribution is 6.25. The number of alkyl halides is 3. The molecular weight excluding hydrogens is 351 g/mol. The number of benzene rings is 2. The number of methoxy groups -OCH3 is 2. The number of carbonyl (C=O) groups is 2. The van der Waals surface area contributed by atoms with Crippen molar-refractivity contribution in [2.45, 2.75) is 12.6 Å². The van der Waals surface area contributed by atoms with E-state index in [1.165, 1.54) is 20.3 Å². The summed E-state index contributed by atoms with van der Waals surface area (Å²) in [5, 5.41) is 0. The van der Waals surface area contributed by atoms with E-state index in [-0.39, 0.29) is 23.4 Å². The van der Waals surface area contributed by atoms with Crippen LogP contribution in [0.3, 0.4) is 0 Å². The number of rotatable bonds is 3. The van der Waals surface area contributed by atoms with Gasteiger partial charge in [0, 0.05) is 6.07 Å². The number of halogens is 3. The predicted molar refractivity (Wildman–Crippen MR) is 86.5 cm³/mol. The van der Waals surface area contributed by atoms with E-state index in [1.807, 2.05) is 0 Å². The summed E-state index contributed by atoms with van der Waals surface area (Å²) in [5.74, 6) is -0.536. The Bertz CT molecular complexity index is 875. The molecule has 1 aliphatic heterocycles. The van der Waals surface area contributed by atoms with Crippen molar-refractivity contribution in [3.05, 3.63) is 53.1 Å². The topological polar surface area (TPSA) is 55.8 Å². The molecule has 1 heterocycles. The van der Waals surface area contributed by atoms with Gasteiger partial charge in [0.15, 0.2) is 0 Å². The minimum Gasteiger partial charge on any atom is -0.497 e. The monoisotopic (exact) mass is 365 g/mol. The molecular formula is C18H14F3NO4. The molecule has 0 spiro atoms. The molecule has 2 aromatic carbocycles. The molecule has 136 valence electrons. The highest BCUT2D eigenvalue weighted by Gasteiger charge is 2.36. The Hall–Kier alpha value is -3.03. The molecule has 0 saturated heterocycles. The second-order valence-corrected chi connectivity index (χ2v) is 5.62. The molecule has 0 bridgehead atoms. The zero-order valence-electron chi connectivity index (χ0n) is 13.9. The molecule has 0 fully saturated rings. The van der Waals surface area contributed by atoms with Gasteiger partial charge in [-0.25, -0.2) is 4.90 Å². The average Bonchev–Trinajstić information content (AvgIpc) is 2.60. The Kier molecular flexibility index (Phi) is 4.35. The van der Waals surface area contributed by atoms with E-state index >= 15 is 0 Å². The third kappa shape index (κ3) is 2.98. The molecule has 0 unspecified atom stereocenters. The summed E-state index contributed by atoms with van der Waals surface area (Å²) in [7, 11) is 2.82. The van der Waals surface area contributed by atoms with E-state index in [4.69, 9.17) is 9.47 Å². The van der Waals surface area contributed by atoms with Crippen LogP contribution >= 0.6 is 0 Å². The van der Waals surface area contributed by atoms with Crippen molar-refractivity contribution in [3.63, 3.8) is 0 Å². The smallest absolute Gasteiger partial charge is 0.416 e. The number of fused-ring (bicyclic) bond motifs is 1. The maximum Gasteiger partial charge on any atom is 0.416 e.